The van der Waals surface area contributed by atoms with Gasteiger partial charge in [0.2, 0.25) is 11.8 Å². The molecule has 0 aromatic heterocycles. The molecular weight excluding hydrogens is 368 g/mol. The Balaban J connectivity index is 1.49. The standard InChI is InChI=1S/C22H32N4O3/c23-12-5-3-1-2-4-6-13-24-14-16-8-7-9-17-18(16)15-26(22(17)29)19-10-11-20(27)25-21(19)28/h7-9,19,24H,1-6,10-15,23H2,(H,25,27,28). The number of nitrogens with two attached hydrogens (primary N) is 1. The third kappa shape index (κ3) is 5.42. The number of nitrogens with zero attached hydrogens (tertiary/aromatic N) is 1. The van der Waals surface area contributed by atoms with E-state index in [1.54, 1.807) is 4.90 Å². The van der Waals surface area contributed by atoms with Gasteiger partial charge in [0.05, 0.1) is 0 Å². The topological polar surface area (TPSA) is 105 Å². The molecule has 7 heteroatoms. The number of unbranched alkanes of at least 4 members (excludes halogenated alkanes) is 5. The van der Waals surface area contributed by atoms with Crippen LogP contribution in [-0.4, -0.2) is 41.8 Å². The molecule has 2 aliphatic rings. The van der Waals surface area contributed by atoms with Crippen molar-refractivity contribution in [2.75, 3.05) is 13.1 Å². The van der Waals surface area contributed by atoms with Gasteiger partial charge in [-0.2, -0.15) is 0 Å². The fourth-order valence-electron chi connectivity index (χ4n) is 4.14. The average molecular weight is 401 g/mol. The van der Waals surface area contributed by atoms with Gasteiger partial charge in [-0.3, -0.25) is 19.7 Å². The van der Waals surface area contributed by atoms with Crippen molar-refractivity contribution in [3.05, 3.63) is 34.9 Å². The van der Waals surface area contributed by atoms with E-state index in [1.807, 2.05) is 18.2 Å². The number of rotatable bonds is 11. The van der Waals surface area contributed by atoms with Crippen molar-refractivity contribution in [3.8, 4) is 0 Å². The molecule has 1 aromatic carbocycles. The molecule has 0 saturated carbocycles. The van der Waals surface area contributed by atoms with Gasteiger partial charge in [0, 0.05) is 25.1 Å². The van der Waals surface area contributed by atoms with E-state index in [9.17, 15) is 14.4 Å². The van der Waals surface area contributed by atoms with Gasteiger partial charge in [0.25, 0.3) is 5.91 Å². The summed E-state index contributed by atoms with van der Waals surface area (Å²) < 4.78 is 0. The van der Waals surface area contributed by atoms with Crippen LogP contribution in [0.3, 0.4) is 0 Å². The normalized spacial score (nSPS) is 18.9. The number of carbonyl (C=O) groups is 3. The van der Waals surface area contributed by atoms with Gasteiger partial charge in [-0.05, 0) is 49.5 Å². The number of fused-ring (bicyclic) bond motifs is 1. The summed E-state index contributed by atoms with van der Waals surface area (Å²) in [5.41, 5.74) is 8.28. The third-order valence-corrected chi connectivity index (χ3v) is 5.80. The first kappa shape index (κ1) is 21.5. The maximum absolute atomic E-state index is 12.8. The Hall–Kier alpha value is -2.25. The second-order valence-electron chi connectivity index (χ2n) is 7.93. The zero-order chi connectivity index (χ0) is 20.6. The van der Waals surface area contributed by atoms with Gasteiger partial charge in [-0.1, -0.05) is 37.8 Å². The van der Waals surface area contributed by atoms with E-state index in [0.29, 0.717) is 25.1 Å². The highest BCUT2D eigenvalue weighted by Gasteiger charge is 2.39. The Morgan fingerprint density at radius 3 is 2.59 bits per heavy atom. The minimum Gasteiger partial charge on any atom is -0.330 e. The Labute approximate surface area is 172 Å². The molecular formula is C22H32N4O3. The summed E-state index contributed by atoms with van der Waals surface area (Å²) in [5.74, 6) is -0.748. The molecule has 0 bridgehead atoms. The Morgan fingerprint density at radius 2 is 1.83 bits per heavy atom. The van der Waals surface area contributed by atoms with Gasteiger partial charge >= 0.3 is 0 Å². The summed E-state index contributed by atoms with van der Waals surface area (Å²) in [6, 6.07) is 5.21. The average Bonchev–Trinajstić information content (AvgIpc) is 3.04. The third-order valence-electron chi connectivity index (χ3n) is 5.80. The van der Waals surface area contributed by atoms with Gasteiger partial charge in [0.15, 0.2) is 0 Å². The van der Waals surface area contributed by atoms with E-state index in [4.69, 9.17) is 5.73 Å². The highest BCUT2D eigenvalue weighted by atomic mass is 16.2. The number of hydrogen-bond donors (Lipinski definition) is 3. The van der Waals surface area contributed by atoms with Gasteiger partial charge < -0.3 is 16.0 Å². The van der Waals surface area contributed by atoms with E-state index in [-0.39, 0.29) is 24.1 Å². The lowest BCUT2D eigenvalue weighted by Gasteiger charge is -2.29. The Bertz CT molecular complexity index is 750. The number of carbonyl (C=O) groups excluding carboxylic acids is 3. The molecule has 1 aromatic rings. The van der Waals surface area contributed by atoms with E-state index < -0.39 is 6.04 Å². The van der Waals surface area contributed by atoms with Crippen molar-refractivity contribution in [2.24, 2.45) is 5.73 Å². The number of piperidine rings is 1. The summed E-state index contributed by atoms with van der Waals surface area (Å²) in [6.45, 7) is 2.88. The van der Waals surface area contributed by atoms with Crippen LogP contribution < -0.4 is 16.4 Å². The fraction of sp³-hybridized carbons (Fsp3) is 0.591. The second kappa shape index (κ2) is 10.5. The van der Waals surface area contributed by atoms with Crippen LogP contribution in [0, 0.1) is 0 Å². The van der Waals surface area contributed by atoms with Crippen LogP contribution in [0.15, 0.2) is 18.2 Å². The molecule has 158 valence electrons. The molecule has 1 unspecified atom stereocenters. The van der Waals surface area contributed by atoms with Crippen molar-refractivity contribution >= 4 is 17.7 Å². The minimum atomic E-state index is -0.562. The molecule has 1 saturated heterocycles. The molecule has 0 radical (unpaired) electrons. The molecule has 3 amide bonds. The van der Waals surface area contributed by atoms with Gasteiger partial charge in [0.1, 0.15) is 6.04 Å². The van der Waals surface area contributed by atoms with Crippen LogP contribution in [0.1, 0.15) is 72.9 Å². The van der Waals surface area contributed by atoms with E-state index in [1.165, 1.54) is 25.7 Å². The summed E-state index contributed by atoms with van der Waals surface area (Å²) in [5, 5.41) is 5.83. The molecule has 0 aliphatic carbocycles. The zero-order valence-electron chi connectivity index (χ0n) is 17.0. The zero-order valence-corrected chi connectivity index (χ0v) is 17.0. The molecule has 0 spiro atoms. The maximum atomic E-state index is 12.8. The molecule has 4 N–H and O–H groups in total. The van der Waals surface area contributed by atoms with Crippen LogP contribution in [0.5, 0.6) is 0 Å². The fourth-order valence-corrected chi connectivity index (χ4v) is 4.14. The number of hydrogen-bond acceptors (Lipinski definition) is 5. The van der Waals surface area contributed by atoms with E-state index >= 15 is 0 Å². The lowest BCUT2D eigenvalue weighted by Crippen LogP contribution is -2.52. The Morgan fingerprint density at radius 1 is 1.07 bits per heavy atom. The van der Waals surface area contributed by atoms with E-state index in [2.05, 4.69) is 10.6 Å². The van der Waals surface area contributed by atoms with Crippen molar-refractivity contribution in [2.45, 2.75) is 70.5 Å². The van der Waals surface area contributed by atoms with Gasteiger partial charge in [-0.25, -0.2) is 0 Å². The van der Waals surface area contributed by atoms with Crippen molar-refractivity contribution in [1.82, 2.24) is 15.5 Å². The summed E-state index contributed by atoms with van der Waals surface area (Å²) >= 11 is 0. The monoisotopic (exact) mass is 400 g/mol. The first-order valence-electron chi connectivity index (χ1n) is 10.8. The largest absolute Gasteiger partial charge is 0.330 e. The van der Waals surface area contributed by atoms with Crippen LogP contribution >= 0.6 is 0 Å². The molecule has 1 atom stereocenters. The maximum Gasteiger partial charge on any atom is 0.255 e. The number of amides is 3. The number of imide groups is 1. The summed E-state index contributed by atoms with van der Waals surface area (Å²) in [7, 11) is 0. The molecule has 7 nitrogen and oxygen atoms in total. The highest BCUT2D eigenvalue weighted by molar-refractivity contribution is 6.05. The van der Waals surface area contributed by atoms with Crippen LogP contribution in [-0.2, 0) is 22.7 Å². The lowest BCUT2D eigenvalue weighted by atomic mass is 10.0. The summed E-state index contributed by atoms with van der Waals surface area (Å²) in [6.07, 6.45) is 7.86. The summed E-state index contributed by atoms with van der Waals surface area (Å²) in [4.78, 5) is 38.0. The lowest BCUT2D eigenvalue weighted by molar-refractivity contribution is -0.136. The quantitative estimate of drug-likeness (QED) is 0.388. The van der Waals surface area contributed by atoms with Crippen LogP contribution in [0.2, 0.25) is 0 Å². The smallest absolute Gasteiger partial charge is 0.255 e. The first-order chi connectivity index (χ1) is 14.1. The van der Waals surface area contributed by atoms with Crippen LogP contribution in [0.25, 0.3) is 0 Å². The Kier molecular flexibility index (Phi) is 7.77. The van der Waals surface area contributed by atoms with Crippen LogP contribution in [0.4, 0.5) is 0 Å². The second-order valence-corrected chi connectivity index (χ2v) is 7.93. The van der Waals surface area contributed by atoms with Crippen molar-refractivity contribution in [3.63, 3.8) is 0 Å². The molecule has 1 fully saturated rings. The predicted octanol–water partition coefficient (Wildman–Crippen LogP) is 1.84. The highest BCUT2D eigenvalue weighted by Crippen LogP contribution is 2.29. The minimum absolute atomic E-state index is 0.117. The predicted molar refractivity (Wildman–Crippen MR) is 111 cm³/mol. The number of nitrogens with one attached hydrogen (secondary N) is 2. The van der Waals surface area contributed by atoms with Crippen molar-refractivity contribution in [1.29, 1.82) is 0 Å². The molecule has 2 aliphatic heterocycles. The van der Waals surface area contributed by atoms with E-state index in [0.717, 1.165) is 37.1 Å². The molecule has 2 heterocycles. The molecule has 29 heavy (non-hydrogen) atoms. The van der Waals surface area contributed by atoms with Crippen molar-refractivity contribution < 1.29 is 14.4 Å². The first-order valence-corrected chi connectivity index (χ1v) is 10.8. The van der Waals surface area contributed by atoms with Gasteiger partial charge in [-0.15, -0.1) is 0 Å². The molecule has 3 rings (SSSR count). The number of benzene rings is 1. The SMILES string of the molecule is NCCCCCCCCNCc1cccc2c1CN(C1CCC(=O)NC1=O)C2=O.